The second-order valence-electron chi connectivity index (χ2n) is 8.34. The summed E-state index contributed by atoms with van der Waals surface area (Å²) in [5.41, 5.74) is 4.25. The molecule has 0 aromatic heterocycles. The van der Waals surface area contributed by atoms with E-state index in [1.807, 2.05) is 36.5 Å². The van der Waals surface area contributed by atoms with Crippen molar-refractivity contribution < 1.29 is 19.5 Å². The number of rotatable bonds is 8. The van der Waals surface area contributed by atoms with Gasteiger partial charge in [-0.3, -0.25) is 0 Å². The molecule has 0 unspecified atom stereocenters. The predicted octanol–water partition coefficient (Wildman–Crippen LogP) is 8.03. The van der Waals surface area contributed by atoms with Crippen LogP contribution < -0.4 is 3.32 Å². The van der Waals surface area contributed by atoms with Gasteiger partial charge in [-0.05, 0) is 0 Å². The molecule has 2 rings (SSSR count). The van der Waals surface area contributed by atoms with E-state index in [1.54, 1.807) is 0 Å². The van der Waals surface area contributed by atoms with Gasteiger partial charge in [0.2, 0.25) is 0 Å². The number of nitrogens with zero attached hydrogens (tertiary/aromatic N) is 1. The zero-order valence-electron chi connectivity index (χ0n) is 17.6. The van der Waals surface area contributed by atoms with E-state index in [2.05, 4.69) is 58.7 Å². The SMILES string of the molecule is CCC(C)(C)c1cc(C=Nc2ccccc2)c([O][Ti]([Cl])[Cl])c(C(C)(C)CC)c1. The maximum atomic E-state index is 6.19. The van der Waals surface area contributed by atoms with Crippen LogP contribution in [0.4, 0.5) is 5.69 Å². The van der Waals surface area contributed by atoms with Gasteiger partial charge >= 0.3 is 185 Å². The molecule has 0 amide bonds. The van der Waals surface area contributed by atoms with Crippen molar-refractivity contribution in [1.29, 1.82) is 0 Å². The summed E-state index contributed by atoms with van der Waals surface area (Å²) in [4.78, 5) is 4.67. The first kappa shape index (κ1) is 23.5. The van der Waals surface area contributed by atoms with Crippen LogP contribution in [0.25, 0.3) is 0 Å². The molecule has 28 heavy (non-hydrogen) atoms. The summed E-state index contributed by atoms with van der Waals surface area (Å²) in [5, 5.41) is 0. The zero-order valence-corrected chi connectivity index (χ0v) is 20.7. The summed E-state index contributed by atoms with van der Waals surface area (Å²) < 4.78 is 6.06. The molecule has 5 heteroatoms. The molecular formula is C23H30Cl2NOTi. The van der Waals surface area contributed by atoms with Crippen molar-refractivity contribution in [2.75, 3.05) is 0 Å². The number of aliphatic imine (C=N–C) groups is 1. The molecule has 0 heterocycles. The Kier molecular flexibility index (Phi) is 8.22. The van der Waals surface area contributed by atoms with E-state index in [0.717, 1.165) is 35.4 Å². The molecule has 2 nitrogen and oxygen atoms in total. The molecule has 0 saturated carbocycles. The second-order valence-corrected chi connectivity index (χ2v) is 13.0. The van der Waals surface area contributed by atoms with Gasteiger partial charge in [0.25, 0.3) is 0 Å². The van der Waals surface area contributed by atoms with Gasteiger partial charge in [0, 0.05) is 0 Å². The Balaban J connectivity index is 2.72. The van der Waals surface area contributed by atoms with Crippen molar-refractivity contribution in [3.63, 3.8) is 0 Å². The summed E-state index contributed by atoms with van der Waals surface area (Å²) in [6, 6.07) is 14.4. The average Bonchev–Trinajstić information content (AvgIpc) is 2.67. The van der Waals surface area contributed by atoms with E-state index in [9.17, 15) is 0 Å². The van der Waals surface area contributed by atoms with Crippen LogP contribution in [0.3, 0.4) is 0 Å². The number of hydrogen-bond acceptors (Lipinski definition) is 2. The van der Waals surface area contributed by atoms with Crippen LogP contribution in [0, 0.1) is 0 Å². The molecule has 0 N–H and O–H groups in total. The van der Waals surface area contributed by atoms with E-state index < -0.39 is 16.1 Å². The Labute approximate surface area is 184 Å². The van der Waals surface area contributed by atoms with Gasteiger partial charge < -0.3 is 0 Å². The summed E-state index contributed by atoms with van der Waals surface area (Å²) in [5.74, 6) is 0.780. The van der Waals surface area contributed by atoms with Gasteiger partial charge in [-0.1, -0.05) is 0 Å². The van der Waals surface area contributed by atoms with E-state index in [4.69, 9.17) is 21.9 Å². The van der Waals surface area contributed by atoms with Crippen molar-refractivity contribution in [3.8, 4) is 5.75 Å². The number of hydrogen-bond donors (Lipinski definition) is 0. The van der Waals surface area contributed by atoms with Crippen molar-refractivity contribution in [2.24, 2.45) is 4.99 Å². The van der Waals surface area contributed by atoms with Crippen LogP contribution in [0.2, 0.25) is 0 Å². The van der Waals surface area contributed by atoms with E-state index in [1.165, 1.54) is 5.56 Å². The number of para-hydroxylation sites is 1. The summed E-state index contributed by atoms with van der Waals surface area (Å²) in [6.07, 6.45) is 3.90. The first-order chi connectivity index (χ1) is 13.1. The third-order valence-electron chi connectivity index (χ3n) is 5.68. The standard InChI is InChI=1S/C23H31NO.2ClH.Ti/c1-7-22(3,4)18-14-17(16-24-19-12-10-9-11-13-19)21(25)20(15-18)23(5,6)8-2;;;/h9-16,25H,7-8H2,1-6H3;2*1H;/q;;;+3/p-3. The van der Waals surface area contributed by atoms with E-state index in [0.29, 0.717) is 0 Å². The van der Waals surface area contributed by atoms with Gasteiger partial charge in [0.05, 0.1) is 0 Å². The Hall–Kier alpha value is -0.796. The molecule has 2 aromatic carbocycles. The van der Waals surface area contributed by atoms with Gasteiger partial charge in [-0.15, -0.1) is 0 Å². The third-order valence-corrected chi connectivity index (χ3v) is 6.88. The molecule has 2 aromatic rings. The molecule has 0 aliphatic heterocycles. The quantitative estimate of drug-likeness (QED) is 0.292. The molecule has 0 spiro atoms. The number of benzene rings is 2. The van der Waals surface area contributed by atoms with Gasteiger partial charge in [0.1, 0.15) is 0 Å². The Morgan fingerprint density at radius 1 is 0.964 bits per heavy atom. The summed E-state index contributed by atoms with van der Waals surface area (Å²) in [6.45, 7) is 13.4. The average molecular weight is 455 g/mol. The minimum absolute atomic E-state index is 0.0491. The van der Waals surface area contributed by atoms with Crippen LogP contribution in [0.15, 0.2) is 47.5 Å². The molecule has 151 valence electrons. The van der Waals surface area contributed by atoms with Crippen molar-refractivity contribution in [1.82, 2.24) is 0 Å². The predicted molar refractivity (Wildman–Crippen MR) is 119 cm³/mol. The van der Waals surface area contributed by atoms with E-state index in [-0.39, 0.29) is 10.8 Å². The van der Waals surface area contributed by atoms with Crippen LogP contribution in [-0.2, 0) is 27.0 Å². The normalized spacial score (nSPS) is 12.4. The van der Waals surface area contributed by atoms with Crippen molar-refractivity contribution in [3.05, 3.63) is 59.2 Å². The molecule has 0 aliphatic carbocycles. The topological polar surface area (TPSA) is 21.6 Å². The summed E-state index contributed by atoms with van der Waals surface area (Å²) >= 11 is -2.59. The molecule has 0 aliphatic rings. The van der Waals surface area contributed by atoms with E-state index >= 15 is 0 Å². The fourth-order valence-electron chi connectivity index (χ4n) is 2.88. The second kappa shape index (κ2) is 9.80. The van der Waals surface area contributed by atoms with Gasteiger partial charge in [-0.2, -0.15) is 0 Å². The fraction of sp³-hybridized carbons (Fsp3) is 0.435. The van der Waals surface area contributed by atoms with Gasteiger partial charge in [0.15, 0.2) is 0 Å². The molecule has 0 fully saturated rings. The Morgan fingerprint density at radius 2 is 1.57 bits per heavy atom. The third kappa shape index (κ3) is 5.86. The summed E-state index contributed by atoms with van der Waals surface area (Å²) in [7, 11) is 12.4. The maximum absolute atomic E-state index is 6.19. The first-order valence-corrected chi connectivity index (χ1v) is 14.7. The minimum atomic E-state index is -2.59. The first-order valence-electron chi connectivity index (χ1n) is 9.74. The Morgan fingerprint density at radius 3 is 2.11 bits per heavy atom. The fourth-order valence-corrected chi connectivity index (χ4v) is 4.12. The molecule has 0 saturated heterocycles. The monoisotopic (exact) mass is 454 g/mol. The molecule has 0 radical (unpaired) electrons. The van der Waals surface area contributed by atoms with Crippen LogP contribution >= 0.6 is 18.6 Å². The van der Waals surface area contributed by atoms with Crippen LogP contribution in [0.5, 0.6) is 5.75 Å². The van der Waals surface area contributed by atoms with Crippen LogP contribution in [0.1, 0.15) is 71.1 Å². The van der Waals surface area contributed by atoms with Gasteiger partial charge in [-0.25, -0.2) is 0 Å². The molecular weight excluding hydrogens is 425 g/mol. The van der Waals surface area contributed by atoms with Crippen molar-refractivity contribution in [2.45, 2.75) is 65.2 Å². The molecule has 0 atom stereocenters. The molecule has 0 bridgehead atoms. The zero-order chi connectivity index (χ0) is 20.9. The van der Waals surface area contributed by atoms with Crippen molar-refractivity contribution >= 4 is 30.5 Å². The van der Waals surface area contributed by atoms with Crippen LogP contribution in [-0.4, -0.2) is 6.21 Å². The Bertz CT molecular complexity index is 817. The number of halogens is 2.